The van der Waals surface area contributed by atoms with Crippen molar-refractivity contribution < 1.29 is 9.59 Å². The fourth-order valence-electron chi connectivity index (χ4n) is 2.89. The van der Waals surface area contributed by atoms with Crippen molar-refractivity contribution in [3.63, 3.8) is 0 Å². The van der Waals surface area contributed by atoms with E-state index in [4.69, 9.17) is 0 Å². The van der Waals surface area contributed by atoms with Crippen LogP contribution in [0.15, 0.2) is 42.5 Å². The van der Waals surface area contributed by atoms with Crippen LogP contribution >= 0.6 is 11.5 Å². The zero-order chi connectivity index (χ0) is 20.3. The number of hydrogen-bond donors (Lipinski definition) is 2. The maximum absolute atomic E-state index is 12.9. The first-order valence-electron chi connectivity index (χ1n) is 8.98. The van der Waals surface area contributed by atoms with E-state index >= 15 is 0 Å². The van der Waals surface area contributed by atoms with Crippen LogP contribution in [-0.2, 0) is 0 Å². The molecule has 0 spiro atoms. The van der Waals surface area contributed by atoms with Crippen LogP contribution in [-0.4, -0.2) is 21.4 Å². The van der Waals surface area contributed by atoms with Gasteiger partial charge in [0, 0.05) is 5.69 Å². The van der Waals surface area contributed by atoms with Crippen molar-refractivity contribution in [2.24, 2.45) is 0 Å². The fraction of sp³-hybridized carbons (Fsp3) is 0.238. The summed E-state index contributed by atoms with van der Waals surface area (Å²) in [5.41, 5.74) is 4.23. The maximum atomic E-state index is 12.9. The third kappa shape index (κ3) is 4.09. The lowest BCUT2D eigenvalue weighted by Gasteiger charge is -2.14. The molecule has 3 rings (SSSR count). The first-order valence-corrected chi connectivity index (χ1v) is 9.76. The van der Waals surface area contributed by atoms with Gasteiger partial charge < -0.3 is 10.6 Å². The third-order valence-corrected chi connectivity index (χ3v) is 5.15. The van der Waals surface area contributed by atoms with Crippen molar-refractivity contribution in [2.45, 2.75) is 33.6 Å². The summed E-state index contributed by atoms with van der Waals surface area (Å²) in [6.07, 6.45) is 0. The number of aromatic nitrogens is 2. The minimum absolute atomic E-state index is 0.0853. The Hall–Kier alpha value is -3.06. The number of benzene rings is 2. The highest BCUT2D eigenvalue weighted by atomic mass is 32.1. The monoisotopic (exact) mass is 394 g/mol. The molecule has 0 atom stereocenters. The summed E-state index contributed by atoms with van der Waals surface area (Å²) in [5.74, 6) is -0.507. The molecule has 0 aliphatic rings. The molecule has 7 heteroatoms. The van der Waals surface area contributed by atoms with Gasteiger partial charge in [-0.25, -0.2) is 0 Å². The first-order chi connectivity index (χ1) is 13.4. The number of carbonyl (C=O) groups is 2. The van der Waals surface area contributed by atoms with Crippen molar-refractivity contribution in [1.82, 2.24) is 9.59 Å². The van der Waals surface area contributed by atoms with Gasteiger partial charge in [0.15, 0.2) is 0 Å². The molecule has 0 aliphatic heterocycles. The summed E-state index contributed by atoms with van der Waals surface area (Å²) in [6.45, 7) is 7.81. The lowest BCUT2D eigenvalue weighted by Crippen LogP contribution is -2.19. The topological polar surface area (TPSA) is 84.0 Å². The van der Waals surface area contributed by atoms with Crippen LogP contribution in [0.3, 0.4) is 0 Å². The summed E-state index contributed by atoms with van der Waals surface area (Å²) in [5, 5.41) is 9.83. The number of rotatable bonds is 5. The average Bonchev–Trinajstić information content (AvgIpc) is 3.15. The Balaban J connectivity index is 1.86. The van der Waals surface area contributed by atoms with Crippen molar-refractivity contribution in [1.29, 1.82) is 0 Å². The van der Waals surface area contributed by atoms with Gasteiger partial charge in [0.05, 0.1) is 16.9 Å². The van der Waals surface area contributed by atoms with Gasteiger partial charge >= 0.3 is 0 Å². The van der Waals surface area contributed by atoms with Crippen molar-refractivity contribution in [2.75, 3.05) is 10.6 Å². The molecule has 6 nitrogen and oxygen atoms in total. The van der Waals surface area contributed by atoms with Gasteiger partial charge in [-0.2, -0.15) is 0 Å². The molecular formula is C21H22N4O2S. The molecular weight excluding hydrogens is 372 g/mol. The highest BCUT2D eigenvalue weighted by Crippen LogP contribution is 2.25. The molecule has 1 aromatic heterocycles. The molecule has 0 radical (unpaired) electrons. The molecule has 2 N–H and O–H groups in total. The van der Waals surface area contributed by atoms with Crippen LogP contribution in [0, 0.1) is 13.8 Å². The zero-order valence-corrected chi connectivity index (χ0v) is 17.1. The predicted molar refractivity (Wildman–Crippen MR) is 112 cm³/mol. The van der Waals surface area contributed by atoms with Crippen LogP contribution in [0.25, 0.3) is 0 Å². The molecule has 1 heterocycles. The van der Waals surface area contributed by atoms with Crippen molar-refractivity contribution >= 4 is 34.7 Å². The fourth-order valence-corrected chi connectivity index (χ4v) is 3.61. The number of anilines is 2. The van der Waals surface area contributed by atoms with Crippen LogP contribution in [0.2, 0.25) is 0 Å². The summed E-state index contributed by atoms with van der Waals surface area (Å²) >= 11 is 1.05. The Morgan fingerprint density at radius 1 is 0.929 bits per heavy atom. The quantitative estimate of drug-likeness (QED) is 0.652. The minimum Gasteiger partial charge on any atom is -0.321 e. The zero-order valence-electron chi connectivity index (χ0n) is 16.2. The van der Waals surface area contributed by atoms with Crippen molar-refractivity contribution in [3.8, 4) is 0 Å². The third-order valence-electron chi connectivity index (χ3n) is 4.41. The molecule has 2 amide bonds. The molecule has 28 heavy (non-hydrogen) atoms. The number of nitrogens with one attached hydrogen (secondary N) is 2. The molecule has 0 aliphatic carbocycles. The predicted octanol–water partition coefficient (Wildman–Crippen LogP) is 4.78. The second-order valence-corrected chi connectivity index (χ2v) is 7.62. The molecule has 3 aromatic rings. The summed E-state index contributed by atoms with van der Waals surface area (Å²) in [7, 11) is 0. The Morgan fingerprint density at radius 3 is 2.29 bits per heavy atom. The Morgan fingerprint density at radius 2 is 1.61 bits per heavy atom. The summed E-state index contributed by atoms with van der Waals surface area (Å²) < 4.78 is 3.89. The SMILES string of the molecule is Cc1cccc(C)c1NC(=O)c1ccccc1NC(=O)c1snnc1C(C)C. The molecule has 0 unspecified atom stereocenters. The van der Waals surface area contributed by atoms with Crippen LogP contribution in [0.1, 0.15) is 56.6 Å². The maximum Gasteiger partial charge on any atom is 0.269 e. The van der Waals surface area contributed by atoms with E-state index in [-0.39, 0.29) is 17.7 Å². The molecule has 0 saturated heterocycles. The van der Waals surface area contributed by atoms with Crippen molar-refractivity contribution in [3.05, 3.63) is 69.7 Å². The second kappa shape index (κ2) is 8.31. The largest absolute Gasteiger partial charge is 0.321 e. The lowest BCUT2D eigenvalue weighted by molar-refractivity contribution is 0.102. The van der Waals surface area contributed by atoms with E-state index < -0.39 is 0 Å². The van der Waals surface area contributed by atoms with E-state index in [0.29, 0.717) is 21.8 Å². The molecule has 144 valence electrons. The Labute approximate surface area is 168 Å². The molecule has 0 saturated carbocycles. The summed E-state index contributed by atoms with van der Waals surface area (Å²) in [4.78, 5) is 26.1. The highest BCUT2D eigenvalue weighted by Gasteiger charge is 2.21. The highest BCUT2D eigenvalue weighted by molar-refractivity contribution is 7.08. The van der Waals surface area contributed by atoms with E-state index in [2.05, 4.69) is 20.2 Å². The van der Waals surface area contributed by atoms with Crippen LogP contribution in [0.5, 0.6) is 0 Å². The van der Waals surface area contributed by atoms with Crippen LogP contribution < -0.4 is 10.6 Å². The number of amides is 2. The van der Waals surface area contributed by atoms with E-state index in [0.717, 1.165) is 28.3 Å². The van der Waals surface area contributed by atoms with Gasteiger partial charge in [0.1, 0.15) is 4.88 Å². The van der Waals surface area contributed by atoms with Gasteiger partial charge in [0.2, 0.25) is 0 Å². The van der Waals surface area contributed by atoms with E-state index in [1.807, 2.05) is 45.9 Å². The number of hydrogen-bond acceptors (Lipinski definition) is 5. The lowest BCUT2D eigenvalue weighted by atomic mass is 10.1. The molecule has 0 bridgehead atoms. The molecule has 0 fully saturated rings. The standard InChI is InChI=1S/C21H22N4O2S/c1-12(2)17-19(28-25-24-17)21(27)22-16-11-6-5-10-15(16)20(26)23-18-13(3)8-7-9-14(18)4/h5-12H,1-4H3,(H,22,27)(H,23,26). The Kier molecular flexibility index (Phi) is 5.84. The van der Waals surface area contributed by atoms with Gasteiger partial charge in [0.25, 0.3) is 11.8 Å². The van der Waals surface area contributed by atoms with Gasteiger partial charge in [-0.3, -0.25) is 9.59 Å². The van der Waals surface area contributed by atoms with Gasteiger partial charge in [-0.15, -0.1) is 5.10 Å². The molecule has 2 aromatic carbocycles. The smallest absolute Gasteiger partial charge is 0.269 e. The Bertz CT molecular complexity index is 1010. The average molecular weight is 395 g/mol. The first kappa shape index (κ1) is 19.7. The summed E-state index contributed by atoms with van der Waals surface area (Å²) in [6, 6.07) is 12.8. The number of aryl methyl sites for hydroxylation is 2. The number of carbonyl (C=O) groups excluding carboxylic acids is 2. The van der Waals surface area contributed by atoms with Gasteiger partial charge in [-0.1, -0.05) is 48.7 Å². The van der Waals surface area contributed by atoms with E-state index in [1.165, 1.54) is 0 Å². The van der Waals surface area contributed by atoms with E-state index in [9.17, 15) is 9.59 Å². The number of nitrogens with zero attached hydrogens (tertiary/aromatic N) is 2. The van der Waals surface area contributed by atoms with Gasteiger partial charge in [-0.05, 0) is 54.6 Å². The second-order valence-electron chi connectivity index (χ2n) is 6.86. The van der Waals surface area contributed by atoms with Crippen LogP contribution in [0.4, 0.5) is 11.4 Å². The normalized spacial score (nSPS) is 10.8. The minimum atomic E-state index is -0.314. The number of para-hydroxylation sites is 2. The van der Waals surface area contributed by atoms with E-state index in [1.54, 1.807) is 24.3 Å².